The third-order valence-corrected chi connectivity index (χ3v) is 4.81. The molecular formula is C20H23N7O2. The number of amides is 1. The zero-order valence-electron chi connectivity index (χ0n) is 16.7. The van der Waals surface area contributed by atoms with Crippen LogP contribution in [0.5, 0.6) is 0 Å². The van der Waals surface area contributed by atoms with Gasteiger partial charge in [-0.25, -0.2) is 4.98 Å². The Labute approximate surface area is 169 Å². The first-order chi connectivity index (χ1) is 14.0. The number of pyridine rings is 1. The number of aromatic nitrogens is 4. The zero-order chi connectivity index (χ0) is 20.4. The number of hydrogen-bond donors (Lipinski definition) is 0. The third kappa shape index (κ3) is 4.03. The average molecular weight is 393 g/mol. The molecule has 0 aromatic carbocycles. The van der Waals surface area contributed by atoms with Crippen LogP contribution in [0.1, 0.15) is 16.2 Å². The summed E-state index contributed by atoms with van der Waals surface area (Å²) in [6, 6.07) is 7.30. The summed E-state index contributed by atoms with van der Waals surface area (Å²) in [5, 5.41) is 3.95. The Morgan fingerprint density at radius 2 is 1.93 bits per heavy atom. The van der Waals surface area contributed by atoms with Gasteiger partial charge in [0, 0.05) is 76.1 Å². The molecule has 1 aliphatic heterocycles. The van der Waals surface area contributed by atoms with E-state index in [1.54, 1.807) is 23.4 Å². The normalized spacial score (nSPS) is 14.2. The van der Waals surface area contributed by atoms with E-state index in [4.69, 9.17) is 4.52 Å². The molecule has 0 saturated carbocycles. The van der Waals surface area contributed by atoms with Crippen LogP contribution in [0, 0.1) is 6.92 Å². The number of carbonyl (C=O) groups excluding carboxylic acids is 1. The van der Waals surface area contributed by atoms with E-state index in [0.29, 0.717) is 43.6 Å². The predicted molar refractivity (Wildman–Crippen MR) is 109 cm³/mol. The van der Waals surface area contributed by atoms with E-state index in [9.17, 15) is 4.79 Å². The Balaban J connectivity index is 1.42. The van der Waals surface area contributed by atoms with E-state index in [2.05, 4.69) is 25.0 Å². The largest absolute Gasteiger partial charge is 0.363 e. The van der Waals surface area contributed by atoms with Crippen molar-refractivity contribution in [1.82, 2.24) is 25.0 Å². The van der Waals surface area contributed by atoms with E-state index < -0.39 is 0 Å². The average Bonchev–Trinajstić information content (AvgIpc) is 3.24. The molecule has 9 nitrogen and oxygen atoms in total. The summed E-state index contributed by atoms with van der Waals surface area (Å²) in [6.07, 6.45) is 3.36. The first-order valence-electron chi connectivity index (χ1n) is 9.45. The highest BCUT2D eigenvalue weighted by atomic mass is 16.5. The number of nitrogens with zero attached hydrogens (tertiary/aromatic N) is 7. The smallest absolute Gasteiger partial charge is 0.276 e. The molecule has 150 valence electrons. The lowest BCUT2D eigenvalue weighted by molar-refractivity contribution is 0.0736. The van der Waals surface area contributed by atoms with Gasteiger partial charge in [-0.05, 0) is 19.1 Å². The SMILES string of the molecule is Cc1cc(N(C)C)nc(N2CCN(C(=O)c3cc(-c4cccnc4)on3)CC2)n1. The van der Waals surface area contributed by atoms with Gasteiger partial charge in [0.05, 0.1) is 0 Å². The maximum atomic E-state index is 12.8. The predicted octanol–water partition coefficient (Wildman–Crippen LogP) is 1.86. The molecule has 0 spiro atoms. The molecule has 29 heavy (non-hydrogen) atoms. The van der Waals surface area contributed by atoms with Crippen molar-refractivity contribution in [3.8, 4) is 11.3 Å². The number of rotatable bonds is 4. The molecule has 3 aromatic heterocycles. The second-order valence-electron chi connectivity index (χ2n) is 7.16. The van der Waals surface area contributed by atoms with Crippen LogP contribution in [-0.2, 0) is 0 Å². The van der Waals surface area contributed by atoms with Crippen LogP contribution in [0.4, 0.5) is 11.8 Å². The fourth-order valence-corrected chi connectivity index (χ4v) is 3.20. The topological polar surface area (TPSA) is 91.5 Å². The van der Waals surface area contributed by atoms with Gasteiger partial charge in [-0.1, -0.05) is 5.16 Å². The molecule has 0 bridgehead atoms. The van der Waals surface area contributed by atoms with Gasteiger partial charge >= 0.3 is 0 Å². The number of anilines is 2. The third-order valence-electron chi connectivity index (χ3n) is 4.81. The zero-order valence-corrected chi connectivity index (χ0v) is 16.7. The molecule has 1 amide bonds. The molecule has 0 atom stereocenters. The maximum Gasteiger partial charge on any atom is 0.276 e. The first-order valence-corrected chi connectivity index (χ1v) is 9.45. The highest BCUT2D eigenvalue weighted by Gasteiger charge is 2.26. The van der Waals surface area contributed by atoms with Crippen molar-refractivity contribution in [3.63, 3.8) is 0 Å². The van der Waals surface area contributed by atoms with Crippen molar-refractivity contribution in [2.45, 2.75) is 6.92 Å². The fourth-order valence-electron chi connectivity index (χ4n) is 3.20. The van der Waals surface area contributed by atoms with Crippen molar-refractivity contribution in [2.24, 2.45) is 0 Å². The highest BCUT2D eigenvalue weighted by molar-refractivity contribution is 5.93. The van der Waals surface area contributed by atoms with Crippen LogP contribution in [0.25, 0.3) is 11.3 Å². The number of piperazine rings is 1. The summed E-state index contributed by atoms with van der Waals surface area (Å²) in [4.78, 5) is 31.9. The molecule has 3 aromatic rings. The van der Waals surface area contributed by atoms with Gasteiger partial charge in [-0.15, -0.1) is 0 Å². The van der Waals surface area contributed by atoms with Crippen molar-refractivity contribution >= 4 is 17.7 Å². The highest BCUT2D eigenvalue weighted by Crippen LogP contribution is 2.21. The minimum Gasteiger partial charge on any atom is -0.363 e. The minimum absolute atomic E-state index is 0.136. The summed E-state index contributed by atoms with van der Waals surface area (Å²) in [6.45, 7) is 4.43. The second kappa shape index (κ2) is 7.86. The summed E-state index contributed by atoms with van der Waals surface area (Å²) in [5.41, 5.74) is 2.01. The van der Waals surface area contributed by atoms with Crippen LogP contribution in [0.2, 0.25) is 0 Å². The van der Waals surface area contributed by atoms with E-state index in [0.717, 1.165) is 17.1 Å². The van der Waals surface area contributed by atoms with Crippen molar-refractivity contribution in [2.75, 3.05) is 50.1 Å². The Bertz CT molecular complexity index is 995. The quantitative estimate of drug-likeness (QED) is 0.663. The molecule has 0 unspecified atom stereocenters. The van der Waals surface area contributed by atoms with Gasteiger partial charge in [-0.3, -0.25) is 9.78 Å². The monoisotopic (exact) mass is 393 g/mol. The molecule has 4 heterocycles. The maximum absolute atomic E-state index is 12.8. The van der Waals surface area contributed by atoms with E-state index in [-0.39, 0.29) is 5.91 Å². The summed E-state index contributed by atoms with van der Waals surface area (Å²) < 4.78 is 5.33. The van der Waals surface area contributed by atoms with Crippen LogP contribution >= 0.6 is 0 Å². The van der Waals surface area contributed by atoms with E-state index in [1.165, 1.54) is 0 Å². The fraction of sp³-hybridized carbons (Fsp3) is 0.350. The summed E-state index contributed by atoms with van der Waals surface area (Å²) in [7, 11) is 3.92. The minimum atomic E-state index is -0.136. The molecular weight excluding hydrogens is 370 g/mol. The van der Waals surface area contributed by atoms with E-state index >= 15 is 0 Å². The lowest BCUT2D eigenvalue weighted by Gasteiger charge is -2.34. The number of hydrogen-bond acceptors (Lipinski definition) is 8. The van der Waals surface area contributed by atoms with Crippen molar-refractivity contribution < 1.29 is 9.32 Å². The van der Waals surface area contributed by atoms with E-state index in [1.807, 2.05) is 44.1 Å². The lowest BCUT2D eigenvalue weighted by atomic mass is 10.2. The molecule has 1 saturated heterocycles. The van der Waals surface area contributed by atoms with Crippen molar-refractivity contribution in [3.05, 3.63) is 48.0 Å². The standard InChI is InChI=1S/C20H23N7O2/c1-14-11-18(25(2)3)23-20(22-14)27-9-7-26(8-10-27)19(28)16-12-17(29-24-16)15-5-4-6-21-13-15/h4-6,11-13H,7-10H2,1-3H3. The summed E-state index contributed by atoms with van der Waals surface area (Å²) in [5.74, 6) is 1.96. The van der Waals surface area contributed by atoms with Gasteiger partial charge < -0.3 is 19.2 Å². The Morgan fingerprint density at radius 1 is 1.14 bits per heavy atom. The Morgan fingerprint density at radius 3 is 2.62 bits per heavy atom. The first kappa shape index (κ1) is 18.9. The number of aryl methyl sites for hydroxylation is 1. The molecule has 1 aliphatic rings. The summed E-state index contributed by atoms with van der Waals surface area (Å²) >= 11 is 0. The molecule has 0 N–H and O–H groups in total. The molecule has 0 aliphatic carbocycles. The van der Waals surface area contributed by atoms with Gasteiger partial charge in [0.2, 0.25) is 5.95 Å². The Kier molecular flexibility index (Phi) is 5.11. The van der Waals surface area contributed by atoms with Crippen LogP contribution < -0.4 is 9.80 Å². The molecule has 1 fully saturated rings. The molecule has 9 heteroatoms. The van der Waals surface area contributed by atoms with Crippen LogP contribution in [-0.4, -0.2) is 71.2 Å². The van der Waals surface area contributed by atoms with Gasteiger partial charge in [0.1, 0.15) is 5.82 Å². The second-order valence-corrected chi connectivity index (χ2v) is 7.16. The molecule has 4 rings (SSSR count). The lowest BCUT2D eigenvalue weighted by Crippen LogP contribution is -2.49. The van der Waals surface area contributed by atoms with Crippen molar-refractivity contribution in [1.29, 1.82) is 0 Å². The van der Waals surface area contributed by atoms with Gasteiger partial charge in [0.15, 0.2) is 11.5 Å². The molecule has 0 radical (unpaired) electrons. The van der Waals surface area contributed by atoms with Crippen LogP contribution in [0.15, 0.2) is 41.2 Å². The van der Waals surface area contributed by atoms with Crippen LogP contribution in [0.3, 0.4) is 0 Å². The Hall–Kier alpha value is -3.49. The van der Waals surface area contributed by atoms with Gasteiger partial charge in [0.25, 0.3) is 5.91 Å². The van der Waals surface area contributed by atoms with Gasteiger partial charge in [-0.2, -0.15) is 4.98 Å². The number of carbonyl (C=O) groups is 1.